The van der Waals surface area contributed by atoms with Crippen molar-refractivity contribution in [3.8, 4) is 0 Å². The molecule has 3 heteroatoms. The van der Waals surface area contributed by atoms with E-state index in [0.29, 0.717) is 11.8 Å². The standard InChI is InChI=1S/C18H29BrN2/c1-13(2)11-21(12-14(3)4)18-9-16(19)6-5-15(18)10-20-17-7-8-17/h5-6,9,13-14,17,20H,7-8,10-12H2,1-4H3. The SMILES string of the molecule is CC(C)CN(CC(C)C)c1cc(Br)ccc1CNC1CC1. The summed E-state index contributed by atoms with van der Waals surface area (Å²) in [5, 5.41) is 3.65. The molecule has 1 fully saturated rings. The molecule has 1 aliphatic rings. The number of nitrogens with one attached hydrogen (secondary N) is 1. The van der Waals surface area contributed by atoms with Crippen molar-refractivity contribution >= 4 is 21.6 Å². The van der Waals surface area contributed by atoms with Crippen molar-refractivity contribution in [2.75, 3.05) is 18.0 Å². The van der Waals surface area contributed by atoms with Crippen molar-refractivity contribution < 1.29 is 0 Å². The molecule has 0 bridgehead atoms. The number of anilines is 1. The molecule has 0 radical (unpaired) electrons. The van der Waals surface area contributed by atoms with E-state index in [9.17, 15) is 0 Å². The molecule has 0 spiro atoms. The third-order valence-corrected chi connectivity index (χ3v) is 4.21. The first kappa shape index (κ1) is 16.8. The van der Waals surface area contributed by atoms with Crippen molar-refractivity contribution in [3.05, 3.63) is 28.2 Å². The number of hydrogen-bond acceptors (Lipinski definition) is 2. The average molecular weight is 353 g/mol. The Labute approximate surface area is 138 Å². The molecule has 0 amide bonds. The lowest BCUT2D eigenvalue weighted by molar-refractivity contribution is 0.550. The van der Waals surface area contributed by atoms with E-state index in [4.69, 9.17) is 0 Å². The van der Waals surface area contributed by atoms with Crippen LogP contribution in [0.4, 0.5) is 5.69 Å². The van der Waals surface area contributed by atoms with Crippen molar-refractivity contribution in [2.45, 2.75) is 53.1 Å². The lowest BCUT2D eigenvalue weighted by Gasteiger charge is -2.31. The van der Waals surface area contributed by atoms with Crippen LogP contribution in [0.15, 0.2) is 22.7 Å². The van der Waals surface area contributed by atoms with Crippen molar-refractivity contribution in [1.82, 2.24) is 5.32 Å². The fourth-order valence-corrected chi connectivity index (χ4v) is 3.02. The highest BCUT2D eigenvalue weighted by atomic mass is 79.9. The number of nitrogens with zero attached hydrogens (tertiary/aromatic N) is 1. The lowest BCUT2D eigenvalue weighted by Crippen LogP contribution is -2.32. The zero-order valence-electron chi connectivity index (χ0n) is 13.8. The smallest absolute Gasteiger partial charge is 0.0423 e. The number of rotatable bonds is 8. The van der Waals surface area contributed by atoms with E-state index in [1.165, 1.54) is 28.6 Å². The molecule has 0 unspecified atom stereocenters. The number of benzene rings is 1. The second-order valence-electron chi connectivity index (χ2n) is 7.12. The summed E-state index contributed by atoms with van der Waals surface area (Å²) >= 11 is 3.64. The summed E-state index contributed by atoms with van der Waals surface area (Å²) in [7, 11) is 0. The maximum absolute atomic E-state index is 3.65. The quantitative estimate of drug-likeness (QED) is 0.721. The summed E-state index contributed by atoms with van der Waals surface area (Å²) in [6.45, 7) is 12.4. The van der Waals surface area contributed by atoms with Gasteiger partial charge in [0.1, 0.15) is 0 Å². The van der Waals surface area contributed by atoms with Crippen LogP contribution in [0.3, 0.4) is 0 Å². The van der Waals surface area contributed by atoms with E-state index >= 15 is 0 Å². The summed E-state index contributed by atoms with van der Waals surface area (Å²) < 4.78 is 1.17. The maximum atomic E-state index is 3.65. The molecule has 118 valence electrons. The van der Waals surface area contributed by atoms with Gasteiger partial charge in [0, 0.05) is 35.8 Å². The second-order valence-corrected chi connectivity index (χ2v) is 8.04. The molecular weight excluding hydrogens is 324 g/mol. The molecule has 2 rings (SSSR count). The first-order chi connectivity index (χ1) is 9.95. The summed E-state index contributed by atoms with van der Waals surface area (Å²) in [4.78, 5) is 2.56. The van der Waals surface area contributed by atoms with Gasteiger partial charge in [-0.15, -0.1) is 0 Å². The minimum absolute atomic E-state index is 0.673. The molecular formula is C18H29BrN2. The van der Waals surface area contributed by atoms with Crippen LogP contribution in [0.5, 0.6) is 0 Å². The zero-order chi connectivity index (χ0) is 15.4. The van der Waals surface area contributed by atoms with Gasteiger partial charge in [-0.1, -0.05) is 49.7 Å². The zero-order valence-corrected chi connectivity index (χ0v) is 15.4. The van der Waals surface area contributed by atoms with E-state index in [2.05, 4.69) is 72.0 Å². The summed E-state index contributed by atoms with van der Waals surface area (Å²) in [6.07, 6.45) is 2.68. The van der Waals surface area contributed by atoms with Crippen LogP contribution in [0, 0.1) is 11.8 Å². The summed E-state index contributed by atoms with van der Waals surface area (Å²) in [5.41, 5.74) is 2.81. The average Bonchev–Trinajstić information content (AvgIpc) is 3.19. The highest BCUT2D eigenvalue weighted by molar-refractivity contribution is 9.10. The molecule has 1 N–H and O–H groups in total. The van der Waals surface area contributed by atoms with Crippen LogP contribution in [-0.2, 0) is 6.54 Å². The van der Waals surface area contributed by atoms with Crippen LogP contribution in [-0.4, -0.2) is 19.1 Å². The molecule has 1 aromatic rings. The molecule has 0 aromatic heterocycles. The van der Waals surface area contributed by atoms with Crippen molar-refractivity contribution in [1.29, 1.82) is 0 Å². The summed E-state index contributed by atoms with van der Waals surface area (Å²) in [5.74, 6) is 1.35. The van der Waals surface area contributed by atoms with E-state index < -0.39 is 0 Å². The van der Waals surface area contributed by atoms with Gasteiger partial charge in [0.15, 0.2) is 0 Å². The molecule has 1 saturated carbocycles. The predicted molar refractivity (Wildman–Crippen MR) is 95.9 cm³/mol. The van der Waals surface area contributed by atoms with Gasteiger partial charge in [0.25, 0.3) is 0 Å². The second kappa shape index (κ2) is 7.64. The topological polar surface area (TPSA) is 15.3 Å². The largest absolute Gasteiger partial charge is 0.371 e. The van der Waals surface area contributed by atoms with Crippen LogP contribution in [0.2, 0.25) is 0 Å². The highest BCUT2D eigenvalue weighted by Gasteiger charge is 2.21. The van der Waals surface area contributed by atoms with E-state index in [0.717, 1.165) is 25.7 Å². The molecule has 0 aliphatic heterocycles. The Kier molecular flexibility index (Phi) is 6.12. The minimum Gasteiger partial charge on any atom is -0.371 e. The third kappa shape index (κ3) is 5.63. The normalized spacial score (nSPS) is 15.0. The monoisotopic (exact) mass is 352 g/mol. The number of halogens is 1. The van der Waals surface area contributed by atoms with E-state index in [1.807, 2.05) is 0 Å². The Bertz CT molecular complexity index is 443. The summed E-state index contributed by atoms with van der Waals surface area (Å²) in [6, 6.07) is 7.47. The molecule has 21 heavy (non-hydrogen) atoms. The van der Waals surface area contributed by atoms with Crippen LogP contribution in [0.1, 0.15) is 46.1 Å². The van der Waals surface area contributed by atoms with Gasteiger partial charge < -0.3 is 10.2 Å². The Balaban J connectivity index is 2.19. The van der Waals surface area contributed by atoms with Crippen molar-refractivity contribution in [2.24, 2.45) is 11.8 Å². The van der Waals surface area contributed by atoms with Crippen LogP contribution >= 0.6 is 15.9 Å². The van der Waals surface area contributed by atoms with Gasteiger partial charge in [-0.25, -0.2) is 0 Å². The van der Waals surface area contributed by atoms with Crippen LogP contribution < -0.4 is 10.2 Å². The lowest BCUT2D eigenvalue weighted by atomic mass is 10.1. The fourth-order valence-electron chi connectivity index (χ4n) is 2.68. The van der Waals surface area contributed by atoms with Gasteiger partial charge in [-0.3, -0.25) is 0 Å². The van der Waals surface area contributed by atoms with Crippen molar-refractivity contribution in [3.63, 3.8) is 0 Å². The first-order valence-electron chi connectivity index (χ1n) is 8.22. The third-order valence-electron chi connectivity index (χ3n) is 3.72. The Hall–Kier alpha value is -0.540. The van der Waals surface area contributed by atoms with Gasteiger partial charge in [-0.05, 0) is 42.4 Å². The molecule has 2 nitrogen and oxygen atoms in total. The highest BCUT2D eigenvalue weighted by Crippen LogP contribution is 2.28. The molecule has 0 heterocycles. The van der Waals surface area contributed by atoms with Gasteiger partial charge in [0.2, 0.25) is 0 Å². The molecule has 1 aliphatic carbocycles. The maximum Gasteiger partial charge on any atom is 0.0423 e. The predicted octanol–water partition coefficient (Wildman–Crippen LogP) is 4.82. The van der Waals surface area contributed by atoms with E-state index in [-0.39, 0.29) is 0 Å². The first-order valence-corrected chi connectivity index (χ1v) is 9.01. The van der Waals surface area contributed by atoms with Gasteiger partial charge >= 0.3 is 0 Å². The fraction of sp³-hybridized carbons (Fsp3) is 0.667. The Morgan fingerprint density at radius 3 is 2.29 bits per heavy atom. The van der Waals surface area contributed by atoms with Gasteiger partial charge in [0.05, 0.1) is 0 Å². The minimum atomic E-state index is 0.673. The van der Waals surface area contributed by atoms with Crippen LogP contribution in [0.25, 0.3) is 0 Å². The molecule has 0 saturated heterocycles. The Morgan fingerprint density at radius 2 is 1.76 bits per heavy atom. The Morgan fingerprint density at radius 1 is 1.14 bits per heavy atom. The molecule has 0 atom stereocenters. The van der Waals surface area contributed by atoms with E-state index in [1.54, 1.807) is 0 Å². The van der Waals surface area contributed by atoms with Gasteiger partial charge in [-0.2, -0.15) is 0 Å². The number of hydrogen-bond donors (Lipinski definition) is 1. The molecule has 1 aromatic carbocycles.